The van der Waals surface area contributed by atoms with E-state index < -0.39 is 5.82 Å². The SMILES string of the molecule is CN(C)CCCN1CCN(CC=CC(=O)N2CCc3c(sc4ncnc(Nc5ccc(F)c(Cl)c5)c34)C2)CC1. The number of thiophene rings is 1. The molecule has 1 saturated heterocycles. The van der Waals surface area contributed by atoms with Crippen LogP contribution in [0.4, 0.5) is 15.9 Å². The highest BCUT2D eigenvalue weighted by atomic mass is 35.5. The van der Waals surface area contributed by atoms with Crippen molar-refractivity contribution in [2.24, 2.45) is 0 Å². The molecule has 0 aliphatic carbocycles. The minimum atomic E-state index is -0.462. The van der Waals surface area contributed by atoms with Crippen LogP contribution >= 0.6 is 22.9 Å². The van der Waals surface area contributed by atoms with Crippen LogP contribution in [0.15, 0.2) is 36.7 Å². The molecule has 2 aliphatic heterocycles. The highest BCUT2D eigenvalue weighted by Crippen LogP contribution is 2.38. The van der Waals surface area contributed by atoms with Gasteiger partial charge in [-0.25, -0.2) is 14.4 Å². The van der Waals surface area contributed by atoms with E-state index in [1.54, 1.807) is 29.5 Å². The van der Waals surface area contributed by atoms with Gasteiger partial charge in [-0.05, 0) is 63.8 Å². The smallest absolute Gasteiger partial charge is 0.246 e. The predicted octanol–water partition coefficient (Wildman–Crippen LogP) is 4.24. The molecule has 0 saturated carbocycles. The van der Waals surface area contributed by atoms with Crippen LogP contribution in [0.3, 0.4) is 0 Å². The van der Waals surface area contributed by atoms with Gasteiger partial charge in [-0.15, -0.1) is 11.3 Å². The average Bonchev–Trinajstić information content (AvgIpc) is 3.30. The largest absolute Gasteiger partial charge is 0.340 e. The predicted molar refractivity (Wildman–Crippen MR) is 156 cm³/mol. The Hall–Kier alpha value is -2.63. The third kappa shape index (κ3) is 6.93. The Morgan fingerprint density at radius 2 is 1.97 bits per heavy atom. The molecule has 8 nitrogen and oxygen atoms in total. The van der Waals surface area contributed by atoms with Gasteiger partial charge < -0.3 is 20.0 Å². The van der Waals surface area contributed by atoms with E-state index in [1.807, 2.05) is 11.0 Å². The number of rotatable bonds is 9. The molecule has 0 radical (unpaired) electrons. The van der Waals surface area contributed by atoms with E-state index in [0.29, 0.717) is 24.6 Å². The topological polar surface area (TPSA) is 67.8 Å². The minimum absolute atomic E-state index is 0.0471. The number of carbonyl (C=O) groups excluding carboxylic acids is 1. The van der Waals surface area contributed by atoms with Crippen LogP contribution in [-0.2, 0) is 17.8 Å². The van der Waals surface area contributed by atoms with E-state index in [4.69, 9.17) is 11.6 Å². The van der Waals surface area contributed by atoms with E-state index >= 15 is 0 Å². The fourth-order valence-corrected chi connectivity index (χ4v) is 6.52. The van der Waals surface area contributed by atoms with Crippen LogP contribution in [-0.4, -0.2) is 102 Å². The maximum Gasteiger partial charge on any atom is 0.246 e. The number of hydrogen-bond acceptors (Lipinski definition) is 8. The van der Waals surface area contributed by atoms with Gasteiger partial charge >= 0.3 is 0 Å². The van der Waals surface area contributed by atoms with Crippen molar-refractivity contribution in [3.63, 3.8) is 0 Å². The molecular weight excluding hydrogens is 537 g/mol. The van der Waals surface area contributed by atoms with Crippen LogP contribution in [0, 0.1) is 5.82 Å². The summed E-state index contributed by atoms with van der Waals surface area (Å²) in [6, 6.07) is 4.51. The quantitative estimate of drug-likeness (QED) is 0.385. The number of piperazine rings is 1. The summed E-state index contributed by atoms with van der Waals surface area (Å²) in [5.74, 6) is 0.249. The van der Waals surface area contributed by atoms with Gasteiger partial charge in [0.05, 0.1) is 17.0 Å². The summed E-state index contributed by atoms with van der Waals surface area (Å²) in [6.07, 6.45) is 7.19. The lowest BCUT2D eigenvalue weighted by Gasteiger charge is -2.34. The van der Waals surface area contributed by atoms with Crippen LogP contribution in [0.25, 0.3) is 10.2 Å². The second-order valence-electron chi connectivity index (χ2n) is 10.4. The first-order valence-corrected chi connectivity index (χ1v) is 14.6. The van der Waals surface area contributed by atoms with Gasteiger partial charge in [-0.3, -0.25) is 9.69 Å². The van der Waals surface area contributed by atoms with Crippen LogP contribution in [0.5, 0.6) is 0 Å². The number of aromatic nitrogens is 2. The van der Waals surface area contributed by atoms with Crippen molar-refractivity contribution >= 4 is 50.6 Å². The van der Waals surface area contributed by atoms with Crippen LogP contribution < -0.4 is 5.32 Å². The van der Waals surface area contributed by atoms with Crippen LogP contribution in [0.2, 0.25) is 5.02 Å². The Bertz CT molecular complexity index is 1340. The second kappa shape index (κ2) is 12.7. The molecule has 1 N–H and O–H groups in total. The number of fused-ring (bicyclic) bond motifs is 3. The number of halogens is 2. The Morgan fingerprint density at radius 3 is 2.74 bits per heavy atom. The van der Waals surface area contributed by atoms with Gasteiger partial charge in [-0.2, -0.15) is 0 Å². The number of nitrogens with one attached hydrogen (secondary N) is 1. The zero-order chi connectivity index (χ0) is 27.4. The van der Waals surface area contributed by atoms with Crippen molar-refractivity contribution in [1.82, 2.24) is 29.6 Å². The molecule has 0 atom stereocenters. The van der Waals surface area contributed by atoms with Gasteiger partial charge in [0.25, 0.3) is 0 Å². The summed E-state index contributed by atoms with van der Waals surface area (Å²) < 4.78 is 13.6. The summed E-state index contributed by atoms with van der Waals surface area (Å²) in [6.45, 7) is 8.54. The molecule has 208 valence electrons. The summed E-state index contributed by atoms with van der Waals surface area (Å²) in [4.78, 5) is 33.0. The number of hydrogen-bond donors (Lipinski definition) is 1. The molecule has 2 aromatic heterocycles. The monoisotopic (exact) mass is 571 g/mol. The Labute approximate surface area is 238 Å². The summed E-state index contributed by atoms with van der Waals surface area (Å²) in [7, 11) is 4.24. The van der Waals surface area contributed by atoms with E-state index in [2.05, 4.69) is 44.1 Å². The molecular formula is C28H35ClFN7OS. The molecule has 3 aromatic rings. The highest BCUT2D eigenvalue weighted by Gasteiger charge is 2.26. The first-order valence-electron chi connectivity index (χ1n) is 13.4. The number of anilines is 2. The first-order chi connectivity index (χ1) is 18.9. The van der Waals surface area contributed by atoms with Gasteiger partial charge in [0.2, 0.25) is 5.91 Å². The number of nitrogens with zero attached hydrogens (tertiary/aromatic N) is 6. The van der Waals surface area contributed by atoms with E-state index in [1.165, 1.54) is 24.4 Å². The van der Waals surface area contributed by atoms with Gasteiger partial charge in [0.1, 0.15) is 22.8 Å². The lowest BCUT2D eigenvalue weighted by Crippen LogP contribution is -2.46. The summed E-state index contributed by atoms with van der Waals surface area (Å²) in [5.41, 5.74) is 1.83. The summed E-state index contributed by atoms with van der Waals surface area (Å²) in [5, 5.41) is 4.28. The average molecular weight is 572 g/mol. The molecule has 5 rings (SSSR count). The molecule has 4 heterocycles. The van der Waals surface area contributed by atoms with Crippen molar-refractivity contribution in [2.45, 2.75) is 19.4 Å². The van der Waals surface area contributed by atoms with Crippen molar-refractivity contribution in [1.29, 1.82) is 0 Å². The summed E-state index contributed by atoms with van der Waals surface area (Å²) >= 11 is 7.55. The molecule has 0 bridgehead atoms. The van der Waals surface area contributed by atoms with E-state index in [-0.39, 0.29) is 10.9 Å². The van der Waals surface area contributed by atoms with Crippen LogP contribution in [0.1, 0.15) is 16.9 Å². The molecule has 1 amide bonds. The normalized spacial score (nSPS) is 16.9. The lowest BCUT2D eigenvalue weighted by molar-refractivity contribution is -0.126. The number of amides is 1. The molecule has 39 heavy (non-hydrogen) atoms. The maximum absolute atomic E-state index is 13.6. The maximum atomic E-state index is 13.6. The van der Waals surface area contributed by atoms with Gasteiger partial charge in [-0.1, -0.05) is 17.7 Å². The first kappa shape index (κ1) is 27.9. The zero-order valence-electron chi connectivity index (χ0n) is 22.5. The standard InChI is InChI=1S/C28H35ClFN7OS/c1-34(2)9-4-11-36-15-13-35(14-16-36)10-3-5-25(38)37-12-8-21-24(18-37)39-28-26(21)27(31-19-32-28)33-20-6-7-23(30)22(29)17-20/h3,5-7,17,19H,4,8-16,18H2,1-2H3,(H,31,32,33). The molecule has 1 fully saturated rings. The Morgan fingerprint density at radius 1 is 1.18 bits per heavy atom. The third-order valence-corrected chi connectivity index (χ3v) is 8.71. The fourth-order valence-electron chi connectivity index (χ4n) is 5.14. The Balaban J connectivity index is 1.16. The van der Waals surface area contributed by atoms with Crippen molar-refractivity contribution in [3.8, 4) is 0 Å². The Kier molecular flexibility index (Phi) is 9.09. The lowest BCUT2D eigenvalue weighted by atomic mass is 10.0. The minimum Gasteiger partial charge on any atom is -0.340 e. The number of benzene rings is 1. The molecule has 1 aromatic carbocycles. The van der Waals surface area contributed by atoms with Crippen molar-refractivity contribution < 1.29 is 9.18 Å². The second-order valence-corrected chi connectivity index (χ2v) is 11.9. The van der Waals surface area contributed by atoms with Gasteiger partial charge in [0, 0.05) is 55.9 Å². The van der Waals surface area contributed by atoms with Crippen molar-refractivity contribution in [3.05, 3.63) is 58.0 Å². The fraction of sp³-hybridized carbons (Fsp3) is 0.464. The molecule has 0 spiro atoms. The zero-order valence-corrected chi connectivity index (χ0v) is 24.1. The highest BCUT2D eigenvalue weighted by molar-refractivity contribution is 7.19. The van der Waals surface area contributed by atoms with E-state index in [9.17, 15) is 9.18 Å². The van der Waals surface area contributed by atoms with Gasteiger partial charge in [0.15, 0.2) is 0 Å². The molecule has 11 heteroatoms. The number of carbonyl (C=O) groups is 1. The molecule has 0 unspecified atom stereocenters. The van der Waals surface area contributed by atoms with E-state index in [0.717, 1.165) is 67.3 Å². The molecule has 2 aliphatic rings. The van der Waals surface area contributed by atoms with Crippen molar-refractivity contribution in [2.75, 3.05) is 71.8 Å². The third-order valence-electron chi connectivity index (χ3n) is 7.30.